The molecule has 0 heterocycles. The number of benzene rings is 1. The van der Waals surface area contributed by atoms with Crippen LogP contribution in [0.3, 0.4) is 0 Å². The van der Waals surface area contributed by atoms with Crippen LogP contribution in [0.25, 0.3) is 0 Å². The number of nitrogens with one attached hydrogen (secondary N) is 1. The minimum atomic E-state index is 0.600. The molecular formula is C15H23NO2. The van der Waals surface area contributed by atoms with E-state index in [0.29, 0.717) is 19.3 Å². The Hall–Kier alpha value is -1.22. The predicted molar refractivity (Wildman–Crippen MR) is 74.2 cm³/mol. The van der Waals surface area contributed by atoms with E-state index in [9.17, 15) is 0 Å². The van der Waals surface area contributed by atoms with Crippen molar-refractivity contribution < 1.29 is 9.47 Å². The fraction of sp³-hybridized carbons (Fsp3) is 0.600. The molecule has 1 saturated carbocycles. The first kappa shape index (κ1) is 13.2. The highest BCUT2D eigenvalue weighted by Crippen LogP contribution is 2.35. The molecule has 1 aromatic rings. The van der Waals surface area contributed by atoms with Gasteiger partial charge < -0.3 is 14.8 Å². The predicted octanol–water partition coefficient (Wildman–Crippen LogP) is 3.31. The molecule has 0 aliphatic heterocycles. The molecule has 0 spiro atoms. The maximum Gasteiger partial charge on any atom is 0.119 e. The highest BCUT2D eigenvalue weighted by molar-refractivity contribution is 5.47. The summed E-state index contributed by atoms with van der Waals surface area (Å²) in [6, 6.07) is 8.83. The van der Waals surface area contributed by atoms with Crippen LogP contribution in [0.5, 0.6) is 5.75 Å². The minimum absolute atomic E-state index is 0.600. The first-order valence-electron chi connectivity index (χ1n) is 6.81. The van der Waals surface area contributed by atoms with E-state index in [-0.39, 0.29) is 0 Å². The van der Waals surface area contributed by atoms with Crippen molar-refractivity contribution in [1.82, 2.24) is 0 Å². The zero-order valence-electron chi connectivity index (χ0n) is 11.3. The lowest BCUT2D eigenvalue weighted by molar-refractivity contribution is 0.146. The Labute approximate surface area is 109 Å². The number of methoxy groups -OCH3 is 1. The first-order chi connectivity index (χ1) is 8.83. The first-order valence-corrected chi connectivity index (χ1v) is 6.81. The van der Waals surface area contributed by atoms with Crippen molar-refractivity contribution >= 4 is 5.69 Å². The van der Waals surface area contributed by atoms with Gasteiger partial charge in [-0.1, -0.05) is 6.92 Å². The van der Waals surface area contributed by atoms with Crippen molar-refractivity contribution in [2.75, 3.05) is 25.6 Å². The molecule has 1 N–H and O–H groups in total. The largest absolute Gasteiger partial charge is 0.491 e. The Bertz CT molecular complexity index is 346. The number of ether oxygens (including phenoxy) is 2. The average molecular weight is 249 g/mol. The van der Waals surface area contributed by atoms with E-state index >= 15 is 0 Å². The van der Waals surface area contributed by atoms with Gasteiger partial charge in [0.15, 0.2) is 0 Å². The minimum Gasteiger partial charge on any atom is -0.491 e. The van der Waals surface area contributed by atoms with Gasteiger partial charge in [-0.3, -0.25) is 0 Å². The fourth-order valence-electron chi connectivity index (χ4n) is 2.16. The zero-order valence-corrected chi connectivity index (χ0v) is 11.3. The summed E-state index contributed by atoms with van der Waals surface area (Å²) in [4.78, 5) is 0. The topological polar surface area (TPSA) is 30.5 Å². The SMILES string of the molecule is CCC(Nc1ccc(OCCOC)cc1)C1CC1. The van der Waals surface area contributed by atoms with Gasteiger partial charge in [0.05, 0.1) is 6.61 Å². The lowest BCUT2D eigenvalue weighted by Gasteiger charge is -2.17. The molecule has 0 bridgehead atoms. The Balaban J connectivity index is 1.82. The highest BCUT2D eigenvalue weighted by atomic mass is 16.5. The molecule has 1 fully saturated rings. The van der Waals surface area contributed by atoms with Gasteiger partial charge in [0, 0.05) is 18.8 Å². The summed E-state index contributed by atoms with van der Waals surface area (Å²) in [6.45, 7) is 3.47. The zero-order chi connectivity index (χ0) is 12.8. The van der Waals surface area contributed by atoms with E-state index in [1.807, 2.05) is 12.1 Å². The van der Waals surface area contributed by atoms with Crippen LogP contribution in [0.15, 0.2) is 24.3 Å². The summed E-state index contributed by atoms with van der Waals surface area (Å²) in [5.74, 6) is 1.78. The molecule has 0 amide bonds. The summed E-state index contributed by atoms with van der Waals surface area (Å²) in [5, 5.41) is 3.60. The third kappa shape index (κ3) is 3.91. The van der Waals surface area contributed by atoms with Crippen LogP contribution < -0.4 is 10.1 Å². The van der Waals surface area contributed by atoms with Crippen LogP contribution >= 0.6 is 0 Å². The third-order valence-electron chi connectivity index (χ3n) is 3.39. The van der Waals surface area contributed by atoms with Crippen LogP contribution in [0.1, 0.15) is 26.2 Å². The smallest absolute Gasteiger partial charge is 0.119 e. The Morgan fingerprint density at radius 2 is 1.94 bits per heavy atom. The Morgan fingerprint density at radius 1 is 1.22 bits per heavy atom. The summed E-state index contributed by atoms with van der Waals surface area (Å²) in [5.41, 5.74) is 1.19. The maximum atomic E-state index is 5.54. The second-order valence-electron chi connectivity index (χ2n) is 4.86. The van der Waals surface area contributed by atoms with Crippen molar-refractivity contribution in [2.45, 2.75) is 32.2 Å². The average Bonchev–Trinajstić information content (AvgIpc) is 3.22. The monoisotopic (exact) mass is 249 g/mol. The van der Waals surface area contributed by atoms with Gasteiger partial charge in [-0.25, -0.2) is 0 Å². The van der Waals surface area contributed by atoms with E-state index in [2.05, 4.69) is 24.4 Å². The molecule has 0 saturated heterocycles. The third-order valence-corrected chi connectivity index (χ3v) is 3.39. The Morgan fingerprint density at radius 3 is 2.50 bits per heavy atom. The van der Waals surface area contributed by atoms with Gasteiger partial charge in [0.25, 0.3) is 0 Å². The van der Waals surface area contributed by atoms with Gasteiger partial charge in [-0.15, -0.1) is 0 Å². The molecular weight excluding hydrogens is 226 g/mol. The van der Waals surface area contributed by atoms with Crippen molar-refractivity contribution in [1.29, 1.82) is 0 Å². The molecule has 3 heteroatoms. The molecule has 1 aliphatic carbocycles. The van der Waals surface area contributed by atoms with Crippen LogP contribution in [-0.2, 0) is 4.74 Å². The molecule has 1 aromatic carbocycles. The van der Waals surface area contributed by atoms with Crippen LogP contribution in [0, 0.1) is 5.92 Å². The van der Waals surface area contributed by atoms with Crippen LogP contribution in [-0.4, -0.2) is 26.4 Å². The molecule has 0 aromatic heterocycles. The van der Waals surface area contributed by atoms with Crippen molar-refractivity contribution in [3.05, 3.63) is 24.3 Å². The number of rotatable bonds is 8. The highest BCUT2D eigenvalue weighted by Gasteiger charge is 2.29. The Kier molecular flexibility index (Phi) is 4.88. The van der Waals surface area contributed by atoms with Crippen molar-refractivity contribution in [3.63, 3.8) is 0 Å². The standard InChI is InChI=1S/C15H23NO2/c1-3-15(12-4-5-12)16-13-6-8-14(9-7-13)18-11-10-17-2/h6-9,12,15-16H,3-5,10-11H2,1-2H3. The molecule has 18 heavy (non-hydrogen) atoms. The van der Waals surface area contributed by atoms with Gasteiger partial charge in [-0.2, -0.15) is 0 Å². The van der Waals surface area contributed by atoms with Crippen molar-refractivity contribution in [2.24, 2.45) is 5.92 Å². The number of hydrogen-bond acceptors (Lipinski definition) is 3. The molecule has 2 rings (SSSR count). The van der Waals surface area contributed by atoms with E-state index in [4.69, 9.17) is 9.47 Å². The molecule has 1 aliphatic rings. The number of hydrogen-bond donors (Lipinski definition) is 1. The van der Waals surface area contributed by atoms with Crippen molar-refractivity contribution in [3.8, 4) is 5.75 Å². The molecule has 100 valence electrons. The second-order valence-corrected chi connectivity index (χ2v) is 4.86. The van der Waals surface area contributed by atoms with E-state index < -0.39 is 0 Å². The van der Waals surface area contributed by atoms with Gasteiger partial charge in [0.1, 0.15) is 12.4 Å². The van der Waals surface area contributed by atoms with Gasteiger partial charge in [-0.05, 0) is 49.4 Å². The number of anilines is 1. The molecule has 3 nitrogen and oxygen atoms in total. The lowest BCUT2D eigenvalue weighted by atomic mass is 10.1. The van der Waals surface area contributed by atoms with Crippen LogP contribution in [0.2, 0.25) is 0 Å². The quantitative estimate of drug-likeness (QED) is 0.717. The summed E-state index contributed by atoms with van der Waals surface area (Å²) in [7, 11) is 1.68. The normalized spacial score (nSPS) is 16.3. The van der Waals surface area contributed by atoms with Crippen LogP contribution in [0.4, 0.5) is 5.69 Å². The fourth-order valence-corrected chi connectivity index (χ4v) is 2.16. The van der Waals surface area contributed by atoms with Gasteiger partial charge in [0.2, 0.25) is 0 Å². The van der Waals surface area contributed by atoms with Gasteiger partial charge >= 0.3 is 0 Å². The molecule has 1 unspecified atom stereocenters. The molecule has 1 atom stereocenters. The maximum absolute atomic E-state index is 5.54. The second kappa shape index (κ2) is 6.64. The van der Waals surface area contributed by atoms with E-state index in [1.54, 1.807) is 7.11 Å². The lowest BCUT2D eigenvalue weighted by Crippen LogP contribution is -2.20. The summed E-state index contributed by atoms with van der Waals surface area (Å²) < 4.78 is 10.5. The molecule has 0 radical (unpaired) electrons. The van der Waals surface area contributed by atoms with E-state index in [0.717, 1.165) is 11.7 Å². The summed E-state index contributed by atoms with van der Waals surface area (Å²) >= 11 is 0. The van der Waals surface area contributed by atoms with E-state index in [1.165, 1.54) is 24.9 Å². The summed E-state index contributed by atoms with van der Waals surface area (Å²) in [6.07, 6.45) is 3.95.